The Balaban J connectivity index is 1.56. The van der Waals surface area contributed by atoms with Gasteiger partial charge in [-0.1, -0.05) is 32.0 Å². The molecule has 1 aliphatic heterocycles. The van der Waals surface area contributed by atoms with Gasteiger partial charge in [-0.25, -0.2) is 0 Å². The SMILES string of the molecule is COc1ccc(C)cc1NC(=O)C(C)N1CCN(C(=O)c2ccc(C(C)C)cc2)CC1. The second-order valence-corrected chi connectivity index (χ2v) is 8.47. The van der Waals surface area contributed by atoms with Crippen LogP contribution >= 0.6 is 0 Å². The predicted molar refractivity (Wildman–Crippen MR) is 124 cm³/mol. The van der Waals surface area contributed by atoms with Gasteiger partial charge in [0.05, 0.1) is 18.8 Å². The fraction of sp³-hybridized carbons (Fsp3) is 0.440. The largest absolute Gasteiger partial charge is 0.495 e. The van der Waals surface area contributed by atoms with Gasteiger partial charge in [-0.05, 0) is 55.2 Å². The van der Waals surface area contributed by atoms with Crippen molar-refractivity contribution < 1.29 is 14.3 Å². The van der Waals surface area contributed by atoms with E-state index in [0.717, 1.165) is 11.1 Å². The van der Waals surface area contributed by atoms with E-state index in [1.807, 2.05) is 61.2 Å². The molecule has 1 atom stereocenters. The molecule has 1 aliphatic rings. The van der Waals surface area contributed by atoms with Crippen molar-refractivity contribution in [2.45, 2.75) is 39.7 Å². The molecule has 1 heterocycles. The fourth-order valence-electron chi connectivity index (χ4n) is 3.83. The molecule has 2 aromatic rings. The van der Waals surface area contributed by atoms with E-state index in [1.165, 1.54) is 5.56 Å². The Morgan fingerprint density at radius 3 is 2.19 bits per heavy atom. The van der Waals surface area contributed by atoms with Gasteiger partial charge in [-0.15, -0.1) is 0 Å². The normalized spacial score (nSPS) is 15.6. The lowest BCUT2D eigenvalue weighted by molar-refractivity contribution is -0.121. The van der Waals surface area contributed by atoms with Crippen LogP contribution in [0.2, 0.25) is 0 Å². The van der Waals surface area contributed by atoms with Crippen molar-refractivity contribution in [2.24, 2.45) is 0 Å². The number of anilines is 1. The van der Waals surface area contributed by atoms with Gasteiger partial charge in [0.15, 0.2) is 0 Å². The molecule has 0 saturated carbocycles. The average molecular weight is 424 g/mol. The van der Waals surface area contributed by atoms with Crippen molar-refractivity contribution in [3.63, 3.8) is 0 Å². The molecule has 1 unspecified atom stereocenters. The minimum absolute atomic E-state index is 0.0524. The summed E-state index contributed by atoms with van der Waals surface area (Å²) < 4.78 is 5.36. The molecule has 31 heavy (non-hydrogen) atoms. The van der Waals surface area contributed by atoms with Crippen LogP contribution in [0.4, 0.5) is 5.69 Å². The van der Waals surface area contributed by atoms with Gasteiger partial charge in [0, 0.05) is 31.7 Å². The quantitative estimate of drug-likeness (QED) is 0.765. The monoisotopic (exact) mass is 423 g/mol. The molecule has 6 heteroatoms. The van der Waals surface area contributed by atoms with Gasteiger partial charge < -0.3 is 15.0 Å². The van der Waals surface area contributed by atoms with Gasteiger partial charge in [0.25, 0.3) is 5.91 Å². The lowest BCUT2D eigenvalue weighted by atomic mass is 10.0. The van der Waals surface area contributed by atoms with Crippen LogP contribution in [0, 0.1) is 6.92 Å². The summed E-state index contributed by atoms with van der Waals surface area (Å²) in [7, 11) is 1.59. The first kappa shape index (κ1) is 22.8. The third-order valence-corrected chi connectivity index (χ3v) is 5.97. The molecule has 1 saturated heterocycles. The maximum atomic E-state index is 12.8. The first-order chi connectivity index (χ1) is 14.8. The zero-order chi connectivity index (χ0) is 22.5. The van der Waals surface area contributed by atoms with E-state index in [9.17, 15) is 9.59 Å². The molecule has 2 aromatic carbocycles. The van der Waals surface area contributed by atoms with E-state index < -0.39 is 0 Å². The van der Waals surface area contributed by atoms with Crippen molar-refractivity contribution >= 4 is 17.5 Å². The van der Waals surface area contributed by atoms with E-state index >= 15 is 0 Å². The fourth-order valence-corrected chi connectivity index (χ4v) is 3.83. The Hall–Kier alpha value is -2.86. The summed E-state index contributed by atoms with van der Waals surface area (Å²) in [5.41, 5.74) is 3.68. The van der Waals surface area contributed by atoms with E-state index in [2.05, 4.69) is 24.1 Å². The van der Waals surface area contributed by atoms with Gasteiger partial charge in [0.2, 0.25) is 5.91 Å². The van der Waals surface area contributed by atoms with Crippen molar-refractivity contribution in [1.29, 1.82) is 0 Å². The molecule has 6 nitrogen and oxygen atoms in total. The number of carbonyl (C=O) groups is 2. The maximum Gasteiger partial charge on any atom is 0.253 e. The van der Waals surface area contributed by atoms with Crippen LogP contribution in [0.25, 0.3) is 0 Å². The third kappa shape index (κ3) is 5.44. The second-order valence-electron chi connectivity index (χ2n) is 8.47. The zero-order valence-corrected chi connectivity index (χ0v) is 19.1. The average Bonchev–Trinajstić information content (AvgIpc) is 2.78. The van der Waals surface area contributed by atoms with Gasteiger partial charge in [0.1, 0.15) is 5.75 Å². The molecule has 0 radical (unpaired) electrons. The van der Waals surface area contributed by atoms with E-state index in [0.29, 0.717) is 43.5 Å². The third-order valence-electron chi connectivity index (χ3n) is 5.97. The Labute approximate surface area is 185 Å². The van der Waals surface area contributed by atoms with Crippen LogP contribution in [0.1, 0.15) is 48.2 Å². The number of aryl methyl sites for hydroxylation is 1. The number of nitrogens with zero attached hydrogens (tertiary/aromatic N) is 2. The first-order valence-corrected chi connectivity index (χ1v) is 10.9. The molecule has 1 fully saturated rings. The minimum atomic E-state index is -0.298. The Bertz CT molecular complexity index is 916. The van der Waals surface area contributed by atoms with Gasteiger partial charge in [-0.2, -0.15) is 0 Å². The number of nitrogens with one attached hydrogen (secondary N) is 1. The summed E-state index contributed by atoms with van der Waals surface area (Å²) in [4.78, 5) is 29.7. The summed E-state index contributed by atoms with van der Waals surface area (Å²) in [6.07, 6.45) is 0. The standard InChI is InChI=1S/C25H33N3O3/c1-17(2)20-7-9-21(10-8-20)25(30)28-14-12-27(13-15-28)19(4)24(29)26-22-16-18(3)6-11-23(22)31-5/h6-11,16-17,19H,12-15H2,1-5H3,(H,26,29). The molecule has 0 bridgehead atoms. The molecule has 166 valence electrons. The number of hydrogen-bond acceptors (Lipinski definition) is 4. The Kier molecular flexibility index (Phi) is 7.33. The first-order valence-electron chi connectivity index (χ1n) is 10.9. The topological polar surface area (TPSA) is 61.9 Å². The van der Waals surface area contributed by atoms with Crippen LogP contribution in [0.5, 0.6) is 5.75 Å². The summed E-state index contributed by atoms with van der Waals surface area (Å²) in [5, 5.41) is 2.99. The lowest BCUT2D eigenvalue weighted by Gasteiger charge is -2.37. The number of piperazine rings is 1. The second kappa shape index (κ2) is 9.96. The van der Waals surface area contributed by atoms with Gasteiger partial charge in [-0.3, -0.25) is 14.5 Å². The molecule has 0 spiro atoms. The summed E-state index contributed by atoms with van der Waals surface area (Å²) in [6.45, 7) is 10.7. The molecule has 0 aromatic heterocycles. The van der Waals surface area contributed by atoms with E-state index in [1.54, 1.807) is 7.11 Å². The molecule has 2 amide bonds. The van der Waals surface area contributed by atoms with Crippen LogP contribution in [0.3, 0.4) is 0 Å². The number of methoxy groups -OCH3 is 1. The Morgan fingerprint density at radius 2 is 1.61 bits per heavy atom. The van der Waals surface area contributed by atoms with Crippen LogP contribution in [-0.4, -0.2) is 60.9 Å². The maximum absolute atomic E-state index is 12.8. The number of carbonyl (C=O) groups excluding carboxylic acids is 2. The summed E-state index contributed by atoms with van der Waals surface area (Å²) in [6, 6.07) is 13.3. The number of hydrogen-bond donors (Lipinski definition) is 1. The van der Waals surface area contributed by atoms with E-state index in [-0.39, 0.29) is 17.9 Å². The highest BCUT2D eigenvalue weighted by atomic mass is 16.5. The van der Waals surface area contributed by atoms with Crippen molar-refractivity contribution in [1.82, 2.24) is 9.80 Å². The highest BCUT2D eigenvalue weighted by molar-refractivity contribution is 5.96. The smallest absolute Gasteiger partial charge is 0.253 e. The lowest BCUT2D eigenvalue weighted by Crippen LogP contribution is -2.54. The highest BCUT2D eigenvalue weighted by Gasteiger charge is 2.28. The molecular weight excluding hydrogens is 390 g/mol. The minimum Gasteiger partial charge on any atom is -0.495 e. The van der Waals surface area contributed by atoms with E-state index in [4.69, 9.17) is 4.74 Å². The number of amides is 2. The summed E-state index contributed by atoms with van der Waals surface area (Å²) >= 11 is 0. The number of rotatable bonds is 6. The van der Waals surface area contributed by atoms with Crippen molar-refractivity contribution in [2.75, 3.05) is 38.6 Å². The van der Waals surface area contributed by atoms with Crippen LogP contribution in [0.15, 0.2) is 42.5 Å². The van der Waals surface area contributed by atoms with Crippen molar-refractivity contribution in [3.8, 4) is 5.75 Å². The number of ether oxygens (including phenoxy) is 1. The Morgan fingerprint density at radius 1 is 0.968 bits per heavy atom. The number of benzene rings is 2. The van der Waals surface area contributed by atoms with Crippen molar-refractivity contribution in [3.05, 3.63) is 59.2 Å². The predicted octanol–water partition coefficient (Wildman–Crippen LogP) is 3.91. The highest BCUT2D eigenvalue weighted by Crippen LogP contribution is 2.25. The molecule has 3 rings (SSSR count). The molecule has 0 aliphatic carbocycles. The van der Waals surface area contributed by atoms with Crippen LogP contribution < -0.4 is 10.1 Å². The molecule has 1 N–H and O–H groups in total. The molecular formula is C25H33N3O3. The van der Waals surface area contributed by atoms with Crippen LogP contribution in [-0.2, 0) is 4.79 Å². The summed E-state index contributed by atoms with van der Waals surface area (Å²) in [5.74, 6) is 1.06. The van der Waals surface area contributed by atoms with Gasteiger partial charge >= 0.3 is 0 Å². The zero-order valence-electron chi connectivity index (χ0n) is 19.1.